The number of benzene rings is 2. The van der Waals surface area contributed by atoms with E-state index in [2.05, 4.69) is 22.4 Å². The number of nitrogen functional groups attached to an aromatic ring is 1. The first-order valence-corrected chi connectivity index (χ1v) is 9.74. The molecule has 1 heterocycles. The number of carbonyl (C=O) groups excluding carboxylic acids is 1. The molecule has 1 amide bonds. The van der Waals surface area contributed by atoms with Gasteiger partial charge in [0.2, 0.25) is 5.91 Å². The quantitative estimate of drug-likeness (QED) is 0.503. The van der Waals surface area contributed by atoms with Gasteiger partial charge in [-0.15, -0.1) is 10.2 Å². The second kappa shape index (κ2) is 8.26. The number of carbonyl (C=O) groups is 1. The zero-order chi connectivity index (χ0) is 19.4. The lowest BCUT2D eigenvalue weighted by atomic mass is 10.1. The summed E-state index contributed by atoms with van der Waals surface area (Å²) in [5, 5.41) is 12.2. The number of hydrogen-bond donors (Lipinski definition) is 2. The van der Waals surface area contributed by atoms with Crippen molar-refractivity contribution in [3.05, 3.63) is 53.6 Å². The lowest BCUT2D eigenvalue weighted by molar-refractivity contribution is -0.113. The highest BCUT2D eigenvalue weighted by molar-refractivity contribution is 7.99. The predicted molar refractivity (Wildman–Crippen MR) is 111 cm³/mol. The van der Waals surface area contributed by atoms with Crippen LogP contribution in [-0.4, -0.2) is 26.4 Å². The van der Waals surface area contributed by atoms with E-state index in [9.17, 15) is 4.79 Å². The second-order valence-electron chi connectivity index (χ2n) is 6.29. The average molecular weight is 382 g/mol. The van der Waals surface area contributed by atoms with Gasteiger partial charge in [-0.3, -0.25) is 4.79 Å². The first-order valence-electron chi connectivity index (χ1n) is 8.76. The molecule has 0 saturated heterocycles. The Labute approximate surface area is 163 Å². The summed E-state index contributed by atoms with van der Waals surface area (Å²) in [7, 11) is 1.89. The van der Waals surface area contributed by atoms with Crippen LogP contribution in [0.15, 0.2) is 47.6 Å². The van der Waals surface area contributed by atoms with E-state index in [1.807, 2.05) is 61.0 Å². The van der Waals surface area contributed by atoms with E-state index in [1.54, 1.807) is 0 Å². The van der Waals surface area contributed by atoms with Crippen molar-refractivity contribution in [1.29, 1.82) is 0 Å². The molecule has 2 aromatic carbocycles. The Hall–Kier alpha value is -2.80. The summed E-state index contributed by atoms with van der Waals surface area (Å²) in [6.07, 6.45) is 0.874. The molecular weight excluding hydrogens is 358 g/mol. The van der Waals surface area contributed by atoms with Gasteiger partial charge in [0.15, 0.2) is 11.0 Å². The van der Waals surface area contributed by atoms with Gasteiger partial charge in [-0.25, -0.2) is 0 Å². The van der Waals surface area contributed by atoms with Gasteiger partial charge in [0, 0.05) is 24.0 Å². The SMILES string of the molecule is CCc1cccc(C)c1NC(=O)CSc1nnc(-c2ccc(N)cc2)n1C. The van der Waals surface area contributed by atoms with Gasteiger partial charge >= 0.3 is 0 Å². The molecule has 0 atom stereocenters. The molecule has 3 aromatic rings. The zero-order valence-corrected chi connectivity index (χ0v) is 16.5. The highest BCUT2D eigenvalue weighted by Crippen LogP contribution is 2.25. The van der Waals surface area contributed by atoms with E-state index < -0.39 is 0 Å². The van der Waals surface area contributed by atoms with Crippen LogP contribution >= 0.6 is 11.8 Å². The van der Waals surface area contributed by atoms with Crippen molar-refractivity contribution < 1.29 is 4.79 Å². The number of nitrogens with zero attached hydrogens (tertiary/aromatic N) is 3. The number of aryl methyl sites for hydroxylation is 2. The number of anilines is 2. The molecule has 27 heavy (non-hydrogen) atoms. The molecule has 0 bridgehead atoms. The standard InChI is InChI=1S/C20H23N5OS/c1-4-14-7-5-6-13(2)18(14)22-17(26)12-27-20-24-23-19(25(20)3)15-8-10-16(21)11-9-15/h5-11H,4,12,21H2,1-3H3,(H,22,26). The van der Waals surface area contributed by atoms with Crippen LogP contribution in [0.25, 0.3) is 11.4 Å². The number of rotatable bonds is 6. The minimum atomic E-state index is -0.0546. The van der Waals surface area contributed by atoms with Crippen molar-refractivity contribution in [2.24, 2.45) is 7.05 Å². The monoisotopic (exact) mass is 381 g/mol. The maximum absolute atomic E-state index is 12.4. The first-order chi connectivity index (χ1) is 13.0. The van der Waals surface area contributed by atoms with Crippen molar-refractivity contribution in [3.63, 3.8) is 0 Å². The molecule has 0 spiro atoms. The first kappa shape index (κ1) is 19.0. The summed E-state index contributed by atoms with van der Waals surface area (Å²) >= 11 is 1.36. The van der Waals surface area contributed by atoms with Gasteiger partial charge in [-0.1, -0.05) is 36.9 Å². The molecule has 0 aliphatic rings. The molecule has 0 saturated carbocycles. The molecule has 140 valence electrons. The van der Waals surface area contributed by atoms with Gasteiger partial charge in [-0.2, -0.15) is 0 Å². The Morgan fingerprint density at radius 1 is 1.19 bits per heavy atom. The molecule has 0 unspecified atom stereocenters. The Morgan fingerprint density at radius 3 is 2.63 bits per heavy atom. The molecule has 3 N–H and O–H groups in total. The number of para-hydroxylation sites is 1. The van der Waals surface area contributed by atoms with Crippen molar-refractivity contribution in [2.75, 3.05) is 16.8 Å². The van der Waals surface area contributed by atoms with E-state index >= 15 is 0 Å². The summed E-state index contributed by atoms with van der Waals surface area (Å²) in [5.74, 6) is 0.955. The van der Waals surface area contributed by atoms with Crippen LogP contribution in [0.2, 0.25) is 0 Å². The van der Waals surface area contributed by atoms with Gasteiger partial charge in [-0.05, 0) is 48.7 Å². The Balaban J connectivity index is 1.67. The second-order valence-corrected chi connectivity index (χ2v) is 7.23. The molecule has 7 heteroatoms. The minimum absolute atomic E-state index is 0.0546. The van der Waals surface area contributed by atoms with Crippen molar-refractivity contribution >= 4 is 29.0 Å². The third-order valence-corrected chi connectivity index (χ3v) is 5.36. The fraction of sp³-hybridized carbons (Fsp3) is 0.250. The molecule has 0 radical (unpaired) electrons. The van der Waals surface area contributed by atoms with Gasteiger partial charge < -0.3 is 15.6 Å². The van der Waals surface area contributed by atoms with Crippen LogP contribution in [0, 0.1) is 6.92 Å². The van der Waals surface area contributed by atoms with E-state index in [1.165, 1.54) is 11.8 Å². The number of nitrogens with one attached hydrogen (secondary N) is 1. The molecular formula is C20H23N5OS. The van der Waals surface area contributed by atoms with Gasteiger partial charge in [0.1, 0.15) is 0 Å². The smallest absolute Gasteiger partial charge is 0.234 e. The lowest BCUT2D eigenvalue weighted by Crippen LogP contribution is -2.16. The van der Waals surface area contributed by atoms with Crippen molar-refractivity contribution in [3.8, 4) is 11.4 Å². The predicted octanol–water partition coefficient (Wildman–Crippen LogP) is 3.67. The van der Waals surface area contributed by atoms with Crippen LogP contribution < -0.4 is 11.1 Å². The Kier molecular flexibility index (Phi) is 5.81. The highest BCUT2D eigenvalue weighted by Gasteiger charge is 2.14. The van der Waals surface area contributed by atoms with Crippen molar-refractivity contribution in [1.82, 2.24) is 14.8 Å². The number of hydrogen-bond acceptors (Lipinski definition) is 5. The van der Waals surface area contributed by atoms with Crippen molar-refractivity contribution in [2.45, 2.75) is 25.4 Å². The summed E-state index contributed by atoms with van der Waals surface area (Å²) in [6, 6.07) is 13.5. The zero-order valence-electron chi connectivity index (χ0n) is 15.7. The van der Waals surface area contributed by atoms with Gasteiger partial charge in [0.05, 0.1) is 5.75 Å². The van der Waals surface area contributed by atoms with Crippen LogP contribution in [0.4, 0.5) is 11.4 Å². The van der Waals surface area contributed by atoms with Crippen LogP contribution in [-0.2, 0) is 18.3 Å². The van der Waals surface area contributed by atoms with E-state index in [0.29, 0.717) is 10.8 Å². The maximum atomic E-state index is 12.4. The number of nitrogens with two attached hydrogens (primary N) is 1. The summed E-state index contributed by atoms with van der Waals surface area (Å²) in [4.78, 5) is 12.4. The average Bonchev–Trinajstić information content (AvgIpc) is 3.03. The third-order valence-electron chi connectivity index (χ3n) is 4.34. The van der Waals surface area contributed by atoms with Gasteiger partial charge in [0.25, 0.3) is 0 Å². The number of thioether (sulfide) groups is 1. The molecule has 0 aliphatic heterocycles. The molecule has 0 fully saturated rings. The van der Waals surface area contributed by atoms with E-state index in [4.69, 9.17) is 5.73 Å². The fourth-order valence-electron chi connectivity index (χ4n) is 2.83. The topological polar surface area (TPSA) is 85.8 Å². The summed E-state index contributed by atoms with van der Waals surface area (Å²) in [5.41, 5.74) is 10.5. The van der Waals surface area contributed by atoms with Crippen LogP contribution in [0.1, 0.15) is 18.1 Å². The maximum Gasteiger partial charge on any atom is 0.234 e. The van der Waals surface area contributed by atoms with Crippen LogP contribution in [0.5, 0.6) is 0 Å². The third kappa shape index (κ3) is 4.31. The minimum Gasteiger partial charge on any atom is -0.399 e. The molecule has 1 aromatic heterocycles. The molecule has 3 rings (SSSR count). The normalized spacial score (nSPS) is 10.8. The van der Waals surface area contributed by atoms with Crippen LogP contribution in [0.3, 0.4) is 0 Å². The Morgan fingerprint density at radius 2 is 1.93 bits per heavy atom. The van der Waals surface area contributed by atoms with E-state index in [-0.39, 0.29) is 11.7 Å². The fourth-order valence-corrected chi connectivity index (χ4v) is 3.54. The summed E-state index contributed by atoms with van der Waals surface area (Å²) < 4.78 is 1.88. The van der Waals surface area contributed by atoms with E-state index in [0.717, 1.165) is 34.6 Å². The number of amides is 1. The Bertz CT molecular complexity index is 950. The largest absolute Gasteiger partial charge is 0.399 e. The molecule has 0 aliphatic carbocycles. The number of aromatic nitrogens is 3. The summed E-state index contributed by atoms with van der Waals surface area (Å²) in [6.45, 7) is 4.08. The molecule has 6 nitrogen and oxygen atoms in total. The lowest BCUT2D eigenvalue weighted by Gasteiger charge is -2.12. The highest BCUT2D eigenvalue weighted by atomic mass is 32.2.